The Bertz CT molecular complexity index is 414. The molecule has 6 heteroatoms. The van der Waals surface area contributed by atoms with Gasteiger partial charge in [0.1, 0.15) is 0 Å². The maximum absolute atomic E-state index is 5.89. The Kier molecular flexibility index (Phi) is 3.12. The molecule has 0 spiro atoms. The van der Waals surface area contributed by atoms with Gasteiger partial charge in [0.05, 0.1) is 0 Å². The fourth-order valence-electron chi connectivity index (χ4n) is 1.79. The summed E-state index contributed by atoms with van der Waals surface area (Å²) >= 11 is 5.89. The van der Waals surface area contributed by atoms with E-state index in [4.69, 9.17) is 11.6 Å². The zero-order valence-electron chi connectivity index (χ0n) is 10.7. The Labute approximate surface area is 107 Å². The van der Waals surface area contributed by atoms with Gasteiger partial charge >= 0.3 is 0 Å². The van der Waals surface area contributed by atoms with Crippen LogP contribution in [0.4, 0.5) is 11.9 Å². The molecule has 0 saturated heterocycles. The molecule has 1 heterocycles. The van der Waals surface area contributed by atoms with Crippen LogP contribution in [0.3, 0.4) is 0 Å². The zero-order chi connectivity index (χ0) is 12.6. The highest BCUT2D eigenvalue weighted by molar-refractivity contribution is 6.28. The predicted octanol–water partition coefficient (Wildman–Crippen LogP) is 2.19. The lowest BCUT2D eigenvalue weighted by atomic mass is 9.99. The van der Waals surface area contributed by atoms with E-state index in [1.165, 1.54) is 12.8 Å². The fourth-order valence-corrected chi connectivity index (χ4v) is 1.95. The molecule has 0 bridgehead atoms. The first-order valence-corrected chi connectivity index (χ1v) is 6.13. The average molecular weight is 256 g/mol. The summed E-state index contributed by atoms with van der Waals surface area (Å²) in [6.07, 6.45) is 2.53. The Morgan fingerprint density at radius 3 is 2.41 bits per heavy atom. The molecule has 0 amide bonds. The van der Waals surface area contributed by atoms with E-state index < -0.39 is 0 Å². The number of nitrogens with zero attached hydrogens (tertiary/aromatic N) is 4. The summed E-state index contributed by atoms with van der Waals surface area (Å²) in [6, 6.07) is 0. The molecule has 5 nitrogen and oxygen atoms in total. The van der Waals surface area contributed by atoms with Gasteiger partial charge in [-0.1, -0.05) is 0 Å². The van der Waals surface area contributed by atoms with Crippen LogP contribution in [-0.2, 0) is 0 Å². The number of anilines is 2. The molecule has 94 valence electrons. The fraction of sp³-hybridized carbons (Fsp3) is 0.727. The van der Waals surface area contributed by atoms with E-state index in [1.807, 2.05) is 19.0 Å². The third kappa shape index (κ3) is 2.97. The van der Waals surface area contributed by atoms with Gasteiger partial charge in [0.25, 0.3) is 0 Å². The van der Waals surface area contributed by atoms with Crippen molar-refractivity contribution in [2.24, 2.45) is 5.92 Å². The largest absolute Gasteiger partial charge is 0.349 e. The number of hydrogen-bond acceptors (Lipinski definition) is 5. The van der Waals surface area contributed by atoms with Crippen molar-refractivity contribution in [3.8, 4) is 0 Å². The van der Waals surface area contributed by atoms with E-state index in [9.17, 15) is 0 Å². The first-order chi connectivity index (χ1) is 7.88. The Balaban J connectivity index is 2.20. The minimum absolute atomic E-state index is 0.00820. The van der Waals surface area contributed by atoms with Crippen LogP contribution in [0.5, 0.6) is 0 Å². The molecule has 1 aliphatic carbocycles. The number of halogens is 1. The summed E-state index contributed by atoms with van der Waals surface area (Å²) in [5.41, 5.74) is 0.00820. The van der Waals surface area contributed by atoms with Crippen molar-refractivity contribution in [3.63, 3.8) is 0 Å². The summed E-state index contributed by atoms with van der Waals surface area (Å²) in [6.45, 7) is 4.33. The van der Waals surface area contributed by atoms with E-state index in [-0.39, 0.29) is 10.8 Å². The van der Waals surface area contributed by atoms with Gasteiger partial charge in [-0.2, -0.15) is 15.0 Å². The van der Waals surface area contributed by atoms with Crippen LogP contribution in [-0.4, -0.2) is 34.6 Å². The van der Waals surface area contributed by atoms with Crippen molar-refractivity contribution in [3.05, 3.63) is 5.28 Å². The van der Waals surface area contributed by atoms with Gasteiger partial charge in [0.2, 0.25) is 17.2 Å². The molecule has 1 aromatic heterocycles. The van der Waals surface area contributed by atoms with E-state index in [2.05, 4.69) is 34.1 Å². The van der Waals surface area contributed by atoms with Gasteiger partial charge in [0, 0.05) is 19.6 Å². The summed E-state index contributed by atoms with van der Waals surface area (Å²) < 4.78 is 0. The number of aromatic nitrogens is 3. The molecule has 0 unspecified atom stereocenters. The molecule has 1 aromatic rings. The van der Waals surface area contributed by atoms with Crippen molar-refractivity contribution in [2.75, 3.05) is 24.3 Å². The molecule has 0 aromatic carbocycles. The second-order valence-electron chi connectivity index (χ2n) is 5.24. The molecule has 0 aliphatic heterocycles. The Morgan fingerprint density at radius 1 is 1.24 bits per heavy atom. The van der Waals surface area contributed by atoms with Crippen molar-refractivity contribution in [1.29, 1.82) is 0 Å². The van der Waals surface area contributed by atoms with Gasteiger partial charge in [0.15, 0.2) is 0 Å². The van der Waals surface area contributed by atoms with Crippen LogP contribution in [0.2, 0.25) is 5.28 Å². The lowest BCUT2D eigenvalue weighted by Gasteiger charge is -2.26. The molecule has 1 N–H and O–H groups in total. The topological polar surface area (TPSA) is 53.9 Å². The van der Waals surface area contributed by atoms with Crippen LogP contribution in [0.25, 0.3) is 0 Å². The third-order valence-electron chi connectivity index (χ3n) is 3.03. The van der Waals surface area contributed by atoms with Crippen LogP contribution in [0.15, 0.2) is 0 Å². The molecule has 1 fully saturated rings. The summed E-state index contributed by atoms with van der Waals surface area (Å²) in [5, 5.41) is 3.56. The lowest BCUT2D eigenvalue weighted by molar-refractivity contribution is 0.490. The standard InChI is InChI=1S/C11H18ClN5/c1-11(2,7-5-6-7)16-9-13-8(12)14-10(15-9)17(3)4/h7H,5-6H2,1-4H3,(H,13,14,15,16). The summed E-state index contributed by atoms with van der Waals surface area (Å²) in [5.74, 6) is 1.81. The third-order valence-corrected chi connectivity index (χ3v) is 3.20. The van der Waals surface area contributed by atoms with Crippen molar-refractivity contribution in [2.45, 2.75) is 32.2 Å². The summed E-state index contributed by atoms with van der Waals surface area (Å²) in [4.78, 5) is 14.3. The van der Waals surface area contributed by atoms with Gasteiger partial charge in [-0.25, -0.2) is 0 Å². The number of nitrogens with one attached hydrogen (secondary N) is 1. The van der Waals surface area contributed by atoms with Crippen molar-refractivity contribution >= 4 is 23.5 Å². The highest BCUT2D eigenvalue weighted by atomic mass is 35.5. The molecule has 0 atom stereocenters. The van der Waals surface area contributed by atoms with Gasteiger partial charge in [-0.15, -0.1) is 0 Å². The highest BCUT2D eigenvalue weighted by Gasteiger charge is 2.38. The molecule has 0 radical (unpaired) electrons. The molecule has 2 rings (SSSR count). The van der Waals surface area contributed by atoms with Gasteiger partial charge < -0.3 is 10.2 Å². The quantitative estimate of drug-likeness (QED) is 0.894. The number of hydrogen-bond donors (Lipinski definition) is 1. The van der Waals surface area contributed by atoms with Crippen LogP contribution < -0.4 is 10.2 Å². The Morgan fingerprint density at radius 2 is 1.88 bits per heavy atom. The highest BCUT2D eigenvalue weighted by Crippen LogP contribution is 2.40. The van der Waals surface area contributed by atoms with Crippen molar-refractivity contribution < 1.29 is 0 Å². The van der Waals surface area contributed by atoms with Crippen molar-refractivity contribution in [1.82, 2.24) is 15.0 Å². The smallest absolute Gasteiger partial charge is 0.230 e. The zero-order valence-corrected chi connectivity index (χ0v) is 11.4. The normalized spacial score (nSPS) is 15.8. The molecule has 1 saturated carbocycles. The second-order valence-corrected chi connectivity index (χ2v) is 5.58. The van der Waals surface area contributed by atoms with Gasteiger partial charge in [-0.05, 0) is 44.2 Å². The maximum Gasteiger partial charge on any atom is 0.230 e. The van der Waals surface area contributed by atoms with E-state index in [0.29, 0.717) is 17.8 Å². The number of rotatable bonds is 4. The van der Waals surface area contributed by atoms with Crippen LogP contribution in [0, 0.1) is 5.92 Å². The molecular weight excluding hydrogens is 238 g/mol. The summed E-state index contributed by atoms with van der Waals surface area (Å²) in [7, 11) is 3.75. The van der Waals surface area contributed by atoms with Gasteiger partial charge in [-0.3, -0.25) is 0 Å². The molecule has 17 heavy (non-hydrogen) atoms. The Hall–Kier alpha value is -1.10. The maximum atomic E-state index is 5.89. The molecular formula is C11H18ClN5. The second kappa shape index (κ2) is 4.29. The predicted molar refractivity (Wildman–Crippen MR) is 69.6 cm³/mol. The molecule has 1 aliphatic rings. The van der Waals surface area contributed by atoms with Crippen LogP contribution >= 0.6 is 11.6 Å². The van der Waals surface area contributed by atoms with Crippen LogP contribution in [0.1, 0.15) is 26.7 Å². The monoisotopic (exact) mass is 255 g/mol. The first-order valence-electron chi connectivity index (χ1n) is 5.75. The van der Waals surface area contributed by atoms with E-state index in [1.54, 1.807) is 0 Å². The van der Waals surface area contributed by atoms with E-state index in [0.717, 1.165) is 0 Å². The first kappa shape index (κ1) is 12.4. The minimum Gasteiger partial charge on any atom is -0.349 e. The van der Waals surface area contributed by atoms with E-state index >= 15 is 0 Å². The SMILES string of the molecule is CN(C)c1nc(Cl)nc(NC(C)(C)C2CC2)n1. The lowest BCUT2D eigenvalue weighted by Crippen LogP contribution is -2.34. The minimum atomic E-state index is 0.00820. The average Bonchev–Trinajstić information content (AvgIpc) is 2.98.